The van der Waals surface area contributed by atoms with Crippen molar-refractivity contribution in [2.75, 3.05) is 17.7 Å². The third kappa shape index (κ3) is 4.63. The SMILES string of the molecule is CC[C@@H](C(=O)NC1CCCC1)N(C(=O)c1snc(C(N)=O)c1N)c1ccccc1OC. The Kier molecular flexibility index (Phi) is 7.11. The van der Waals surface area contributed by atoms with E-state index in [1.165, 1.54) is 12.0 Å². The second kappa shape index (κ2) is 9.78. The molecular formula is C21H27N5O4S. The molecule has 0 spiro atoms. The van der Waals surface area contributed by atoms with Crippen LogP contribution in [0.4, 0.5) is 11.4 Å². The van der Waals surface area contributed by atoms with Gasteiger partial charge in [-0.2, -0.15) is 4.37 Å². The molecule has 0 saturated heterocycles. The minimum Gasteiger partial charge on any atom is -0.495 e. The minimum absolute atomic E-state index is 0.0480. The zero-order chi connectivity index (χ0) is 22.5. The van der Waals surface area contributed by atoms with Gasteiger partial charge in [0.15, 0.2) is 5.69 Å². The Balaban J connectivity index is 2.04. The number of rotatable bonds is 8. The van der Waals surface area contributed by atoms with E-state index in [4.69, 9.17) is 16.2 Å². The molecule has 9 nitrogen and oxygen atoms in total. The van der Waals surface area contributed by atoms with Gasteiger partial charge in [-0.25, -0.2) is 0 Å². The maximum Gasteiger partial charge on any atom is 0.272 e. The normalized spacial score (nSPS) is 14.8. The Labute approximate surface area is 184 Å². The summed E-state index contributed by atoms with van der Waals surface area (Å²) in [6.45, 7) is 1.83. The molecule has 0 bridgehead atoms. The first kappa shape index (κ1) is 22.5. The summed E-state index contributed by atoms with van der Waals surface area (Å²) < 4.78 is 9.38. The van der Waals surface area contributed by atoms with Crippen LogP contribution >= 0.6 is 11.5 Å². The summed E-state index contributed by atoms with van der Waals surface area (Å²) >= 11 is 0.782. The highest BCUT2D eigenvalue weighted by Crippen LogP contribution is 2.34. The molecule has 10 heteroatoms. The number of methoxy groups -OCH3 is 1. The number of hydrogen-bond donors (Lipinski definition) is 3. The number of primary amides is 1. The van der Waals surface area contributed by atoms with Crippen LogP contribution in [0, 0.1) is 0 Å². The maximum absolute atomic E-state index is 13.6. The predicted molar refractivity (Wildman–Crippen MR) is 119 cm³/mol. The molecule has 1 atom stereocenters. The number of para-hydroxylation sites is 2. The molecule has 1 saturated carbocycles. The Bertz CT molecular complexity index is 970. The molecule has 0 radical (unpaired) electrons. The lowest BCUT2D eigenvalue weighted by atomic mass is 10.1. The number of ether oxygens (including phenoxy) is 1. The van der Waals surface area contributed by atoms with E-state index in [-0.39, 0.29) is 28.2 Å². The molecule has 1 aromatic heterocycles. The van der Waals surface area contributed by atoms with Crippen molar-refractivity contribution < 1.29 is 19.1 Å². The van der Waals surface area contributed by atoms with Crippen LogP contribution in [0.2, 0.25) is 0 Å². The van der Waals surface area contributed by atoms with E-state index >= 15 is 0 Å². The number of aromatic nitrogens is 1. The zero-order valence-electron chi connectivity index (χ0n) is 17.6. The van der Waals surface area contributed by atoms with Gasteiger partial charge in [0.25, 0.3) is 11.8 Å². The molecule has 5 N–H and O–H groups in total. The van der Waals surface area contributed by atoms with Crippen molar-refractivity contribution in [3.63, 3.8) is 0 Å². The van der Waals surface area contributed by atoms with E-state index in [9.17, 15) is 14.4 Å². The summed E-state index contributed by atoms with van der Waals surface area (Å²) in [5.41, 5.74) is 11.5. The van der Waals surface area contributed by atoms with E-state index in [2.05, 4.69) is 9.69 Å². The van der Waals surface area contributed by atoms with Crippen molar-refractivity contribution in [3.05, 3.63) is 34.8 Å². The maximum atomic E-state index is 13.6. The molecule has 2 aromatic rings. The first-order valence-corrected chi connectivity index (χ1v) is 11.0. The summed E-state index contributed by atoms with van der Waals surface area (Å²) in [7, 11) is 1.49. The summed E-state index contributed by atoms with van der Waals surface area (Å²) in [5.74, 6) is -1.17. The van der Waals surface area contributed by atoms with Crippen molar-refractivity contribution in [2.24, 2.45) is 5.73 Å². The van der Waals surface area contributed by atoms with E-state index in [0.717, 1.165) is 37.2 Å². The Morgan fingerprint density at radius 1 is 1.29 bits per heavy atom. The quantitative estimate of drug-likeness (QED) is 0.569. The molecule has 1 aliphatic carbocycles. The van der Waals surface area contributed by atoms with Gasteiger partial charge in [0, 0.05) is 6.04 Å². The number of nitrogens with one attached hydrogen (secondary N) is 1. The summed E-state index contributed by atoms with van der Waals surface area (Å²) in [5, 5.41) is 3.07. The van der Waals surface area contributed by atoms with E-state index < -0.39 is 17.9 Å². The third-order valence-electron chi connectivity index (χ3n) is 5.42. The van der Waals surface area contributed by atoms with Crippen molar-refractivity contribution >= 4 is 40.6 Å². The van der Waals surface area contributed by atoms with Gasteiger partial charge in [0.1, 0.15) is 16.7 Å². The second-order valence-electron chi connectivity index (χ2n) is 7.40. The van der Waals surface area contributed by atoms with Gasteiger partial charge in [-0.15, -0.1) is 0 Å². The Morgan fingerprint density at radius 3 is 2.55 bits per heavy atom. The largest absolute Gasteiger partial charge is 0.495 e. The molecule has 1 aromatic carbocycles. The number of carbonyl (C=O) groups is 3. The topological polar surface area (TPSA) is 141 Å². The van der Waals surface area contributed by atoms with Gasteiger partial charge >= 0.3 is 0 Å². The summed E-state index contributed by atoms with van der Waals surface area (Å²) in [6.07, 6.45) is 4.36. The molecule has 1 heterocycles. The Hall–Kier alpha value is -3.14. The Morgan fingerprint density at radius 2 is 1.97 bits per heavy atom. The number of nitrogens with two attached hydrogens (primary N) is 2. The number of anilines is 2. The average Bonchev–Trinajstić information content (AvgIpc) is 3.40. The van der Waals surface area contributed by atoms with Crippen molar-refractivity contribution in [1.29, 1.82) is 0 Å². The number of amides is 3. The number of benzene rings is 1. The minimum atomic E-state index is -0.817. The number of hydrogen-bond acceptors (Lipinski definition) is 7. The highest BCUT2D eigenvalue weighted by molar-refractivity contribution is 7.09. The first-order valence-electron chi connectivity index (χ1n) is 10.2. The third-order valence-corrected chi connectivity index (χ3v) is 6.27. The number of carbonyl (C=O) groups excluding carboxylic acids is 3. The van der Waals surface area contributed by atoms with Crippen molar-refractivity contribution in [2.45, 2.75) is 51.1 Å². The lowest BCUT2D eigenvalue weighted by Crippen LogP contribution is -2.51. The fourth-order valence-electron chi connectivity index (χ4n) is 3.84. The van der Waals surface area contributed by atoms with E-state index in [1.54, 1.807) is 24.3 Å². The molecule has 1 fully saturated rings. The molecule has 1 aliphatic rings. The molecule has 166 valence electrons. The van der Waals surface area contributed by atoms with Crippen LogP contribution in [0.5, 0.6) is 5.75 Å². The van der Waals surface area contributed by atoms with Gasteiger partial charge in [-0.1, -0.05) is 31.9 Å². The van der Waals surface area contributed by atoms with Gasteiger partial charge < -0.3 is 21.5 Å². The molecular weight excluding hydrogens is 418 g/mol. The van der Waals surface area contributed by atoms with Crippen LogP contribution in [0.1, 0.15) is 59.2 Å². The first-order chi connectivity index (χ1) is 14.9. The van der Waals surface area contributed by atoms with Crippen LogP contribution in [-0.4, -0.2) is 41.3 Å². The summed E-state index contributed by atoms with van der Waals surface area (Å²) in [4.78, 5) is 39.8. The van der Waals surface area contributed by atoms with Crippen LogP contribution in [0.3, 0.4) is 0 Å². The monoisotopic (exact) mass is 445 g/mol. The second-order valence-corrected chi connectivity index (χ2v) is 8.17. The number of nitrogens with zero attached hydrogens (tertiary/aromatic N) is 2. The van der Waals surface area contributed by atoms with E-state index in [1.807, 2.05) is 6.92 Å². The number of nitrogen functional groups attached to an aromatic ring is 1. The lowest BCUT2D eigenvalue weighted by molar-refractivity contribution is -0.123. The summed E-state index contributed by atoms with van der Waals surface area (Å²) in [6, 6.07) is 6.24. The van der Waals surface area contributed by atoms with Crippen LogP contribution in [0.15, 0.2) is 24.3 Å². The highest BCUT2D eigenvalue weighted by Gasteiger charge is 2.36. The van der Waals surface area contributed by atoms with Crippen LogP contribution < -0.4 is 26.4 Å². The van der Waals surface area contributed by atoms with Gasteiger partial charge in [-0.3, -0.25) is 19.3 Å². The smallest absolute Gasteiger partial charge is 0.272 e. The van der Waals surface area contributed by atoms with Crippen LogP contribution in [-0.2, 0) is 4.79 Å². The predicted octanol–water partition coefficient (Wildman–Crippen LogP) is 2.32. The van der Waals surface area contributed by atoms with Gasteiger partial charge in [-0.05, 0) is 42.9 Å². The molecule has 0 unspecified atom stereocenters. The molecule has 3 amide bonds. The molecule has 0 aliphatic heterocycles. The molecule has 3 rings (SSSR count). The highest BCUT2D eigenvalue weighted by atomic mass is 32.1. The average molecular weight is 446 g/mol. The van der Waals surface area contributed by atoms with Crippen molar-refractivity contribution in [1.82, 2.24) is 9.69 Å². The molecule has 31 heavy (non-hydrogen) atoms. The van der Waals surface area contributed by atoms with E-state index in [0.29, 0.717) is 17.9 Å². The zero-order valence-corrected chi connectivity index (χ0v) is 18.4. The van der Waals surface area contributed by atoms with Gasteiger partial charge in [0.05, 0.1) is 18.5 Å². The fourth-order valence-corrected chi connectivity index (χ4v) is 4.58. The fraction of sp³-hybridized carbons (Fsp3) is 0.429. The standard InChI is InChI=1S/C21H27N5O4S/c1-3-13(20(28)24-12-8-4-5-9-12)26(14-10-6-7-11-15(14)30-2)21(29)18-16(22)17(19(23)27)25-31-18/h6-7,10-13H,3-5,8-9,22H2,1-2H3,(H2,23,27)(H,24,28)/t13-/m0/s1. The van der Waals surface area contributed by atoms with Crippen molar-refractivity contribution in [3.8, 4) is 5.75 Å². The lowest BCUT2D eigenvalue weighted by Gasteiger charge is -2.32. The van der Waals surface area contributed by atoms with Gasteiger partial charge in [0.2, 0.25) is 5.91 Å². The van der Waals surface area contributed by atoms with Crippen LogP contribution in [0.25, 0.3) is 0 Å².